The van der Waals surface area contributed by atoms with Crippen molar-refractivity contribution in [3.8, 4) is 0 Å². The molecule has 0 aliphatic rings. The Hall–Kier alpha value is -3.93. The van der Waals surface area contributed by atoms with Crippen LogP contribution < -0.4 is 0 Å². The van der Waals surface area contributed by atoms with Gasteiger partial charge in [-0.2, -0.15) is 0 Å². The molecule has 0 N–H and O–H groups in total. The van der Waals surface area contributed by atoms with Crippen molar-refractivity contribution >= 4 is 17.9 Å². The van der Waals surface area contributed by atoms with Crippen LogP contribution in [-0.2, 0) is 28.6 Å². The first-order chi connectivity index (χ1) is 40.5. The van der Waals surface area contributed by atoms with Crippen LogP contribution >= 0.6 is 0 Å². The van der Waals surface area contributed by atoms with E-state index >= 15 is 0 Å². The second kappa shape index (κ2) is 69.6. The summed E-state index contributed by atoms with van der Waals surface area (Å²) < 4.78 is 16.9. The molecule has 6 heteroatoms. The Morgan fingerprint density at radius 1 is 0.256 bits per heavy atom. The summed E-state index contributed by atoms with van der Waals surface area (Å²) in [6.07, 6.45) is 95.5. The fourth-order valence-corrected chi connectivity index (χ4v) is 9.75. The molecule has 0 aromatic carbocycles. The van der Waals surface area contributed by atoms with E-state index in [1.807, 2.05) is 0 Å². The molecule has 0 fully saturated rings. The van der Waals surface area contributed by atoms with Gasteiger partial charge in [0.05, 0.1) is 0 Å². The van der Waals surface area contributed by atoms with Gasteiger partial charge in [0.1, 0.15) is 13.2 Å². The molecule has 0 aromatic heterocycles. The first-order valence-electron chi connectivity index (χ1n) is 34.9. The number of carbonyl (C=O) groups excluding carboxylic acids is 3. The molecule has 6 nitrogen and oxygen atoms in total. The first-order valence-corrected chi connectivity index (χ1v) is 34.9. The summed E-state index contributed by atoms with van der Waals surface area (Å²) in [6.45, 7) is 6.49. The normalized spacial score (nSPS) is 12.8. The van der Waals surface area contributed by atoms with Crippen molar-refractivity contribution in [2.45, 2.75) is 341 Å². The molecule has 0 saturated carbocycles. The predicted molar refractivity (Wildman–Crippen MR) is 357 cm³/mol. The van der Waals surface area contributed by atoms with Crippen LogP contribution in [0.15, 0.2) is 109 Å². The number of ether oxygens (including phenoxy) is 3. The van der Waals surface area contributed by atoms with Gasteiger partial charge in [-0.15, -0.1) is 0 Å². The van der Waals surface area contributed by atoms with Crippen molar-refractivity contribution in [2.75, 3.05) is 13.2 Å². The van der Waals surface area contributed by atoms with E-state index in [0.717, 1.165) is 128 Å². The highest BCUT2D eigenvalue weighted by molar-refractivity contribution is 5.71. The van der Waals surface area contributed by atoms with E-state index in [4.69, 9.17) is 14.2 Å². The van der Waals surface area contributed by atoms with E-state index in [-0.39, 0.29) is 31.1 Å². The number of hydrogen-bond donors (Lipinski definition) is 0. The summed E-state index contributed by atoms with van der Waals surface area (Å²) in [5.41, 5.74) is 0. The lowest BCUT2D eigenvalue weighted by Gasteiger charge is -2.18. The Balaban J connectivity index is 4.17. The molecule has 0 aliphatic carbocycles. The van der Waals surface area contributed by atoms with Crippen molar-refractivity contribution in [3.63, 3.8) is 0 Å². The third kappa shape index (κ3) is 66.9. The molecule has 0 aromatic rings. The molecule has 0 spiro atoms. The molecule has 0 saturated heterocycles. The Kier molecular flexibility index (Phi) is 66.2. The van der Waals surface area contributed by atoms with Gasteiger partial charge in [-0.1, -0.05) is 304 Å². The fraction of sp³-hybridized carbons (Fsp3) is 0.724. The lowest BCUT2D eigenvalue weighted by atomic mass is 10.0. The van der Waals surface area contributed by atoms with Crippen molar-refractivity contribution < 1.29 is 28.6 Å². The van der Waals surface area contributed by atoms with Crippen LogP contribution in [0.5, 0.6) is 0 Å². The molecule has 1 unspecified atom stereocenters. The molecule has 0 aliphatic heterocycles. The highest BCUT2D eigenvalue weighted by atomic mass is 16.6. The highest BCUT2D eigenvalue weighted by Crippen LogP contribution is 2.17. The number of carbonyl (C=O) groups is 3. The predicted octanol–water partition coefficient (Wildman–Crippen LogP) is 24.2. The Bertz CT molecular complexity index is 1640. The molecular weight excluding hydrogens is 1010 g/mol. The van der Waals surface area contributed by atoms with E-state index < -0.39 is 6.10 Å². The van der Waals surface area contributed by atoms with Crippen LogP contribution in [0.3, 0.4) is 0 Å². The Morgan fingerprint density at radius 3 is 0.793 bits per heavy atom. The van der Waals surface area contributed by atoms with E-state index in [9.17, 15) is 14.4 Å². The second-order valence-electron chi connectivity index (χ2n) is 23.1. The van der Waals surface area contributed by atoms with Crippen LogP contribution in [0.4, 0.5) is 0 Å². The zero-order valence-corrected chi connectivity index (χ0v) is 54.0. The van der Waals surface area contributed by atoms with Crippen molar-refractivity contribution in [1.82, 2.24) is 0 Å². The third-order valence-corrected chi connectivity index (χ3v) is 15.0. The molecule has 0 radical (unpaired) electrons. The molecule has 0 rings (SSSR count). The van der Waals surface area contributed by atoms with E-state index in [1.165, 1.54) is 167 Å². The zero-order valence-electron chi connectivity index (χ0n) is 54.0. The van der Waals surface area contributed by atoms with Crippen molar-refractivity contribution in [1.29, 1.82) is 0 Å². The van der Waals surface area contributed by atoms with E-state index in [0.29, 0.717) is 19.3 Å². The lowest BCUT2D eigenvalue weighted by molar-refractivity contribution is -0.167. The van der Waals surface area contributed by atoms with Gasteiger partial charge in [0, 0.05) is 19.3 Å². The van der Waals surface area contributed by atoms with E-state index in [2.05, 4.69) is 130 Å². The first kappa shape index (κ1) is 78.1. The van der Waals surface area contributed by atoms with Gasteiger partial charge in [0.15, 0.2) is 6.10 Å². The summed E-state index contributed by atoms with van der Waals surface area (Å²) in [4.78, 5) is 38.3. The van der Waals surface area contributed by atoms with Gasteiger partial charge in [0.2, 0.25) is 0 Å². The van der Waals surface area contributed by atoms with Crippen molar-refractivity contribution in [2.24, 2.45) is 0 Å². The van der Waals surface area contributed by atoms with Crippen molar-refractivity contribution in [3.05, 3.63) is 109 Å². The molecule has 0 heterocycles. The smallest absolute Gasteiger partial charge is 0.306 e. The number of esters is 3. The number of allylic oxidation sites excluding steroid dienone is 18. The standard InChI is InChI=1S/C76H130O6/c1-4-7-10-13-16-19-22-25-28-29-30-31-32-33-34-35-36-37-38-39-40-41-42-43-44-45-46-47-49-51-54-57-60-63-66-69-75(78)81-72-73(71-80-74(77)68-65-62-59-56-53-50-27-24-21-18-15-12-9-6-3)82-76(79)70-67-64-61-58-55-52-48-26-23-20-17-14-11-8-5-2/h7,10,15-16,18-19,24-28,30-31,33-34,36-37,48,73H,4-6,8-9,11-14,17,20-23,29,32,35,38-47,49-72H2,1-3H3/b10-7-,18-15-,19-16-,27-24-,28-25-,31-30-,34-33-,37-36-,48-26-. The SMILES string of the molecule is CC/C=C\C/C=C\C/C=C\C/C=C\C/C=C\C/C=C\CCCCCCCCCCCCCCCCCCC(=O)OCC(COC(=O)CCCCCCC/C=C\C/C=C\CCCC)OC(=O)CCCCCCC/C=C\CCCCCCCC. The number of hydrogen-bond acceptors (Lipinski definition) is 6. The Morgan fingerprint density at radius 2 is 0.488 bits per heavy atom. The van der Waals surface area contributed by atoms with Crippen LogP contribution in [0.25, 0.3) is 0 Å². The maximum atomic E-state index is 12.9. The maximum Gasteiger partial charge on any atom is 0.306 e. The quantitative estimate of drug-likeness (QED) is 0.0261. The molecular formula is C76H130O6. The van der Waals surface area contributed by atoms with Crippen LogP contribution in [0, 0.1) is 0 Å². The number of rotatable bonds is 63. The van der Waals surface area contributed by atoms with Crippen LogP contribution in [-0.4, -0.2) is 37.2 Å². The minimum Gasteiger partial charge on any atom is -0.462 e. The minimum atomic E-state index is -0.788. The van der Waals surface area contributed by atoms with E-state index in [1.54, 1.807) is 0 Å². The number of unbranched alkanes of at least 4 members (excludes halogenated alkanes) is 34. The van der Waals surface area contributed by atoms with Gasteiger partial charge < -0.3 is 14.2 Å². The van der Waals surface area contributed by atoms with Gasteiger partial charge in [-0.3, -0.25) is 14.4 Å². The molecule has 82 heavy (non-hydrogen) atoms. The average Bonchev–Trinajstić information content (AvgIpc) is 3.48. The van der Waals surface area contributed by atoms with Gasteiger partial charge in [-0.05, 0) is 122 Å². The summed E-state index contributed by atoms with van der Waals surface area (Å²) in [7, 11) is 0. The minimum absolute atomic E-state index is 0.0832. The summed E-state index contributed by atoms with van der Waals surface area (Å²) in [5, 5.41) is 0. The molecule has 1 atom stereocenters. The molecule has 0 bridgehead atoms. The van der Waals surface area contributed by atoms with Gasteiger partial charge in [0.25, 0.3) is 0 Å². The largest absolute Gasteiger partial charge is 0.462 e. The summed E-state index contributed by atoms with van der Waals surface area (Å²) in [6, 6.07) is 0. The van der Waals surface area contributed by atoms with Gasteiger partial charge >= 0.3 is 17.9 Å². The summed E-state index contributed by atoms with van der Waals surface area (Å²) >= 11 is 0. The van der Waals surface area contributed by atoms with Crippen LogP contribution in [0.2, 0.25) is 0 Å². The Labute approximate surface area is 508 Å². The fourth-order valence-electron chi connectivity index (χ4n) is 9.75. The maximum absolute atomic E-state index is 12.9. The zero-order chi connectivity index (χ0) is 59.2. The second-order valence-corrected chi connectivity index (χ2v) is 23.1. The van der Waals surface area contributed by atoms with Gasteiger partial charge in [-0.25, -0.2) is 0 Å². The highest BCUT2D eigenvalue weighted by Gasteiger charge is 2.19. The topological polar surface area (TPSA) is 78.9 Å². The summed E-state index contributed by atoms with van der Waals surface area (Å²) in [5.74, 6) is -0.894. The molecule has 470 valence electrons. The average molecular weight is 1140 g/mol. The monoisotopic (exact) mass is 1140 g/mol. The van der Waals surface area contributed by atoms with Crippen LogP contribution in [0.1, 0.15) is 335 Å². The lowest BCUT2D eigenvalue weighted by Crippen LogP contribution is -2.30. The third-order valence-electron chi connectivity index (χ3n) is 15.0. The molecule has 0 amide bonds.